The van der Waals surface area contributed by atoms with E-state index >= 15 is 0 Å². The van der Waals surface area contributed by atoms with E-state index in [0.717, 1.165) is 35.2 Å². The smallest absolute Gasteiger partial charge is 0.255 e. The van der Waals surface area contributed by atoms with Crippen LogP contribution in [-0.2, 0) is 12.8 Å². The van der Waals surface area contributed by atoms with Crippen molar-refractivity contribution in [2.75, 3.05) is 6.26 Å². The molecule has 0 bridgehead atoms. The third-order valence-corrected chi connectivity index (χ3v) is 5.01. The Morgan fingerprint density at radius 1 is 1.19 bits per heavy atom. The summed E-state index contributed by atoms with van der Waals surface area (Å²) in [5.41, 5.74) is 4.90. The van der Waals surface area contributed by atoms with Crippen LogP contribution in [-0.4, -0.2) is 16.2 Å². The van der Waals surface area contributed by atoms with Crippen molar-refractivity contribution < 1.29 is 0 Å². The minimum atomic E-state index is -0.0940. The Bertz CT molecular complexity index is 1040. The van der Waals surface area contributed by atoms with Crippen LogP contribution in [0.4, 0.5) is 0 Å². The molecule has 3 aromatic rings. The fourth-order valence-corrected chi connectivity index (χ4v) is 3.51. The quantitative estimate of drug-likeness (QED) is 0.506. The van der Waals surface area contributed by atoms with Gasteiger partial charge in [-0.15, -0.1) is 0 Å². The summed E-state index contributed by atoms with van der Waals surface area (Å²) in [4.78, 5) is 20.0. The van der Waals surface area contributed by atoms with Crippen LogP contribution >= 0.6 is 11.8 Å². The van der Waals surface area contributed by atoms with Crippen molar-refractivity contribution in [3.63, 3.8) is 0 Å². The average Bonchev–Trinajstić information content (AvgIpc) is 2.71. The Labute approximate surface area is 163 Å². The summed E-state index contributed by atoms with van der Waals surface area (Å²) in [5.74, 6) is 0. The number of nitrogens with zero attached hydrogens (tertiary/aromatic N) is 2. The van der Waals surface area contributed by atoms with Crippen molar-refractivity contribution in [1.29, 1.82) is 5.26 Å². The number of nitrogens with one attached hydrogen (secondary N) is 1. The molecule has 0 amide bonds. The molecule has 136 valence electrons. The first-order valence-electron chi connectivity index (χ1n) is 8.90. The first kappa shape index (κ1) is 18.9. The minimum absolute atomic E-state index is 0.0940. The van der Waals surface area contributed by atoms with E-state index < -0.39 is 0 Å². The number of aromatic amines is 1. The Balaban J connectivity index is 2.00. The van der Waals surface area contributed by atoms with Crippen LogP contribution in [0.3, 0.4) is 0 Å². The highest BCUT2D eigenvalue weighted by atomic mass is 32.2. The normalized spacial score (nSPS) is 10.6. The standard InChI is InChI=1S/C22H21N3OS/c1-3-7-20-19(21(26)25-22(24-20)27-2)13-15-10-11-18(17(12-15)14-23)16-8-5-4-6-9-16/h4-6,8-12H,3,7,13H2,1-2H3,(H,24,25,26). The van der Waals surface area contributed by atoms with Crippen molar-refractivity contribution in [2.24, 2.45) is 0 Å². The second-order valence-electron chi connectivity index (χ2n) is 6.28. The summed E-state index contributed by atoms with van der Waals surface area (Å²) in [6.45, 7) is 2.08. The molecule has 1 N–H and O–H groups in total. The van der Waals surface area contributed by atoms with Crippen molar-refractivity contribution in [3.05, 3.63) is 81.3 Å². The SMILES string of the molecule is CCCc1nc(SC)[nH]c(=O)c1Cc1ccc(-c2ccccc2)c(C#N)c1. The largest absolute Gasteiger partial charge is 0.301 e. The van der Waals surface area contributed by atoms with Gasteiger partial charge in [-0.2, -0.15) is 5.26 Å². The number of hydrogen-bond acceptors (Lipinski definition) is 4. The predicted octanol–water partition coefficient (Wildman–Crippen LogP) is 4.57. The van der Waals surface area contributed by atoms with Crippen molar-refractivity contribution in [2.45, 2.75) is 31.3 Å². The van der Waals surface area contributed by atoms with E-state index in [1.807, 2.05) is 54.8 Å². The van der Waals surface area contributed by atoms with Crippen LogP contribution in [0.2, 0.25) is 0 Å². The number of nitriles is 1. The highest BCUT2D eigenvalue weighted by molar-refractivity contribution is 7.98. The molecule has 0 aliphatic heterocycles. The molecule has 0 atom stereocenters. The summed E-state index contributed by atoms with van der Waals surface area (Å²) in [6, 6.07) is 18.0. The van der Waals surface area contributed by atoms with E-state index in [1.165, 1.54) is 11.8 Å². The van der Waals surface area contributed by atoms with Gasteiger partial charge in [-0.05, 0) is 35.4 Å². The zero-order valence-electron chi connectivity index (χ0n) is 15.5. The molecule has 0 radical (unpaired) electrons. The number of aryl methyl sites for hydroxylation is 1. The van der Waals surface area contributed by atoms with E-state index in [0.29, 0.717) is 22.7 Å². The van der Waals surface area contributed by atoms with Crippen LogP contribution in [0.1, 0.15) is 35.7 Å². The van der Waals surface area contributed by atoms with Crippen LogP contribution in [0, 0.1) is 11.3 Å². The monoisotopic (exact) mass is 375 g/mol. The summed E-state index contributed by atoms with van der Waals surface area (Å²) < 4.78 is 0. The van der Waals surface area contributed by atoms with Gasteiger partial charge >= 0.3 is 0 Å². The van der Waals surface area contributed by atoms with E-state index in [-0.39, 0.29) is 5.56 Å². The van der Waals surface area contributed by atoms with E-state index in [2.05, 4.69) is 23.0 Å². The van der Waals surface area contributed by atoms with Gasteiger partial charge in [-0.1, -0.05) is 67.6 Å². The van der Waals surface area contributed by atoms with Crippen LogP contribution in [0.5, 0.6) is 0 Å². The lowest BCUT2D eigenvalue weighted by Crippen LogP contribution is -2.19. The Hall–Kier alpha value is -2.84. The van der Waals surface area contributed by atoms with E-state index in [9.17, 15) is 10.1 Å². The number of hydrogen-bond donors (Lipinski definition) is 1. The molecule has 5 heteroatoms. The highest BCUT2D eigenvalue weighted by Crippen LogP contribution is 2.25. The first-order valence-corrected chi connectivity index (χ1v) is 10.1. The molecule has 0 aliphatic rings. The molecule has 0 aliphatic carbocycles. The zero-order valence-corrected chi connectivity index (χ0v) is 16.3. The third kappa shape index (κ3) is 4.29. The second-order valence-corrected chi connectivity index (χ2v) is 7.08. The van der Waals surface area contributed by atoms with Crippen molar-refractivity contribution in [3.8, 4) is 17.2 Å². The summed E-state index contributed by atoms with van der Waals surface area (Å²) >= 11 is 1.43. The predicted molar refractivity (Wildman–Crippen MR) is 110 cm³/mol. The molecule has 4 nitrogen and oxygen atoms in total. The van der Waals surface area contributed by atoms with Crippen molar-refractivity contribution >= 4 is 11.8 Å². The van der Waals surface area contributed by atoms with Crippen LogP contribution in [0.25, 0.3) is 11.1 Å². The molecule has 0 saturated heterocycles. The number of rotatable bonds is 6. The topological polar surface area (TPSA) is 69.5 Å². The fraction of sp³-hybridized carbons (Fsp3) is 0.227. The fourth-order valence-electron chi connectivity index (χ4n) is 3.11. The Morgan fingerprint density at radius 3 is 2.63 bits per heavy atom. The molecule has 0 fully saturated rings. The van der Waals surface area contributed by atoms with Gasteiger partial charge < -0.3 is 4.98 Å². The molecule has 1 heterocycles. The number of H-pyrrole nitrogens is 1. The van der Waals surface area contributed by atoms with Gasteiger partial charge in [-0.25, -0.2) is 4.98 Å². The second kappa shape index (κ2) is 8.70. The van der Waals surface area contributed by atoms with Crippen LogP contribution in [0.15, 0.2) is 58.5 Å². The third-order valence-electron chi connectivity index (χ3n) is 4.43. The molecule has 0 unspecified atom stereocenters. The van der Waals surface area contributed by atoms with Crippen LogP contribution < -0.4 is 5.56 Å². The lowest BCUT2D eigenvalue weighted by atomic mass is 9.95. The highest BCUT2D eigenvalue weighted by Gasteiger charge is 2.13. The maximum absolute atomic E-state index is 12.6. The molecular formula is C22H21N3OS. The average molecular weight is 375 g/mol. The molecule has 3 rings (SSSR count). The molecule has 1 aromatic heterocycles. The number of thioether (sulfide) groups is 1. The summed E-state index contributed by atoms with van der Waals surface area (Å²) in [5, 5.41) is 10.2. The van der Waals surface area contributed by atoms with Crippen molar-refractivity contribution in [1.82, 2.24) is 9.97 Å². The first-order chi connectivity index (χ1) is 13.2. The Kier molecular flexibility index (Phi) is 6.10. The van der Waals surface area contributed by atoms with Gasteiger partial charge in [0.25, 0.3) is 5.56 Å². The maximum Gasteiger partial charge on any atom is 0.255 e. The van der Waals surface area contributed by atoms with Gasteiger partial charge in [0.05, 0.1) is 17.3 Å². The summed E-state index contributed by atoms with van der Waals surface area (Å²) in [6.07, 6.45) is 4.05. The van der Waals surface area contributed by atoms with Gasteiger partial charge in [0.2, 0.25) is 0 Å². The maximum atomic E-state index is 12.6. The Morgan fingerprint density at radius 2 is 1.96 bits per heavy atom. The minimum Gasteiger partial charge on any atom is -0.301 e. The number of benzene rings is 2. The summed E-state index contributed by atoms with van der Waals surface area (Å²) in [7, 11) is 0. The van der Waals surface area contributed by atoms with E-state index in [1.54, 1.807) is 0 Å². The van der Waals surface area contributed by atoms with Gasteiger partial charge in [-0.3, -0.25) is 4.79 Å². The van der Waals surface area contributed by atoms with Gasteiger partial charge in [0.1, 0.15) is 0 Å². The molecule has 2 aromatic carbocycles. The lowest BCUT2D eigenvalue weighted by molar-refractivity contribution is 0.789. The lowest BCUT2D eigenvalue weighted by Gasteiger charge is -2.11. The van der Waals surface area contributed by atoms with E-state index in [4.69, 9.17) is 0 Å². The zero-order chi connectivity index (χ0) is 19.2. The molecular weight excluding hydrogens is 354 g/mol. The van der Waals surface area contributed by atoms with Gasteiger partial charge in [0, 0.05) is 12.0 Å². The molecule has 27 heavy (non-hydrogen) atoms. The molecule has 0 saturated carbocycles. The van der Waals surface area contributed by atoms with Gasteiger partial charge in [0.15, 0.2) is 5.16 Å². The number of aromatic nitrogens is 2. The molecule has 0 spiro atoms.